The maximum absolute atomic E-state index is 12.5. The van der Waals surface area contributed by atoms with Gasteiger partial charge in [-0.2, -0.15) is 0 Å². The highest BCUT2D eigenvalue weighted by Crippen LogP contribution is 2.63. The molecule has 1 saturated carbocycles. The van der Waals surface area contributed by atoms with Crippen molar-refractivity contribution in [2.24, 2.45) is 0 Å². The van der Waals surface area contributed by atoms with Gasteiger partial charge in [-0.15, -0.1) is 0 Å². The van der Waals surface area contributed by atoms with Gasteiger partial charge in [-0.1, -0.05) is 48.5 Å². The van der Waals surface area contributed by atoms with Gasteiger partial charge in [0.25, 0.3) is 0 Å². The van der Waals surface area contributed by atoms with Gasteiger partial charge in [0, 0.05) is 16.6 Å². The van der Waals surface area contributed by atoms with Crippen LogP contribution < -0.4 is 0 Å². The number of rotatable bonds is 4. The first-order valence-corrected chi connectivity index (χ1v) is 11.6. The monoisotopic (exact) mass is 437 g/mol. The molecule has 1 fully saturated rings. The Morgan fingerprint density at radius 1 is 1.00 bits per heavy atom. The number of aliphatic carboxylic acids is 1. The molecule has 0 radical (unpaired) electrons. The molecule has 166 valence electrons. The molecule has 33 heavy (non-hydrogen) atoms. The lowest BCUT2D eigenvalue weighted by molar-refractivity contribution is -0.160. The van der Waals surface area contributed by atoms with Crippen LogP contribution in [-0.4, -0.2) is 21.7 Å². The fourth-order valence-corrected chi connectivity index (χ4v) is 5.73. The van der Waals surface area contributed by atoms with E-state index >= 15 is 0 Å². The third-order valence-corrected chi connectivity index (χ3v) is 7.04. The van der Waals surface area contributed by atoms with Gasteiger partial charge in [0.1, 0.15) is 0 Å². The Bertz CT molecular complexity index is 1450. The molecule has 1 heterocycles. The maximum Gasteiger partial charge on any atom is 0.337 e. The summed E-state index contributed by atoms with van der Waals surface area (Å²) in [5.74, 6) is 0.286. The number of pyridine rings is 1. The average Bonchev–Trinajstić information content (AvgIpc) is 3.49. The summed E-state index contributed by atoms with van der Waals surface area (Å²) in [6, 6.07) is 19.0. The molecule has 4 heteroatoms. The van der Waals surface area contributed by atoms with E-state index in [1.807, 2.05) is 52.0 Å². The summed E-state index contributed by atoms with van der Waals surface area (Å²) in [7, 11) is 0. The van der Waals surface area contributed by atoms with Crippen LogP contribution >= 0.6 is 0 Å². The van der Waals surface area contributed by atoms with Crippen molar-refractivity contribution in [3.8, 4) is 11.1 Å². The van der Waals surface area contributed by atoms with Gasteiger partial charge in [0.05, 0.1) is 11.1 Å². The second-order valence-electron chi connectivity index (χ2n) is 10.4. The summed E-state index contributed by atoms with van der Waals surface area (Å²) in [4.78, 5) is 17.3. The van der Waals surface area contributed by atoms with Gasteiger partial charge in [0.2, 0.25) is 0 Å². The van der Waals surface area contributed by atoms with Gasteiger partial charge in [-0.05, 0) is 85.0 Å². The number of fused-ring (bicyclic) bond motifs is 4. The molecule has 0 aliphatic heterocycles. The number of hydrogen-bond donors (Lipinski definition) is 1. The molecule has 2 aliphatic carbocycles. The minimum Gasteiger partial charge on any atom is -0.479 e. The molecular weight excluding hydrogens is 410 g/mol. The molecule has 3 atom stereocenters. The third kappa shape index (κ3) is 3.08. The lowest BCUT2D eigenvalue weighted by Gasteiger charge is -2.28. The molecule has 3 unspecified atom stereocenters. The number of hydrogen-bond acceptors (Lipinski definition) is 3. The number of nitrogens with zero attached hydrogens (tertiary/aromatic N) is 1. The standard InChI is InChI=1S/C29H27NO3/c1-15-24(27(28(31)32)33-29(2,3)4)26(20-8-5-6-11-23(20)30-15)18-12-13-19-22-14-21(22)17-10-7-9-16(18)25(17)19/h5-13,21-22,27H,14H2,1-4H3,(H,31,32). The number of carboxylic acid groups (broad SMARTS) is 1. The van der Waals surface area contributed by atoms with Crippen LogP contribution in [0.25, 0.3) is 32.8 Å². The first kappa shape index (κ1) is 20.4. The minimum absolute atomic E-state index is 0.623. The van der Waals surface area contributed by atoms with Crippen LogP contribution in [0.2, 0.25) is 0 Å². The predicted octanol–water partition coefficient (Wildman–Crippen LogP) is 6.89. The summed E-state index contributed by atoms with van der Waals surface area (Å²) in [6.45, 7) is 7.55. The van der Waals surface area contributed by atoms with Crippen molar-refractivity contribution in [3.63, 3.8) is 0 Å². The van der Waals surface area contributed by atoms with E-state index in [2.05, 4.69) is 30.3 Å². The quantitative estimate of drug-likeness (QED) is 0.378. The van der Waals surface area contributed by atoms with Crippen LogP contribution in [-0.2, 0) is 9.53 Å². The molecule has 1 N–H and O–H groups in total. The Balaban J connectivity index is 1.71. The van der Waals surface area contributed by atoms with Crippen molar-refractivity contribution in [1.29, 1.82) is 0 Å². The molecule has 1 aromatic heterocycles. The second-order valence-corrected chi connectivity index (χ2v) is 10.4. The Morgan fingerprint density at radius 3 is 2.42 bits per heavy atom. The average molecular weight is 438 g/mol. The molecule has 3 aromatic carbocycles. The van der Waals surface area contributed by atoms with Crippen molar-refractivity contribution in [2.75, 3.05) is 0 Å². The SMILES string of the molecule is Cc1nc2ccccc2c(-c2ccc3c4c(cccc24)C2CC32)c1C(OC(C)(C)C)C(=O)O. The van der Waals surface area contributed by atoms with E-state index in [-0.39, 0.29) is 0 Å². The summed E-state index contributed by atoms with van der Waals surface area (Å²) in [5.41, 5.74) is 6.41. The van der Waals surface area contributed by atoms with Crippen LogP contribution in [0, 0.1) is 6.92 Å². The van der Waals surface area contributed by atoms with Gasteiger partial charge >= 0.3 is 5.97 Å². The van der Waals surface area contributed by atoms with Crippen molar-refractivity contribution in [2.45, 2.75) is 57.7 Å². The number of benzene rings is 3. The fourth-order valence-electron chi connectivity index (χ4n) is 5.73. The van der Waals surface area contributed by atoms with Gasteiger partial charge in [-0.25, -0.2) is 4.79 Å². The zero-order chi connectivity index (χ0) is 23.1. The molecular formula is C29H27NO3. The van der Waals surface area contributed by atoms with Crippen molar-refractivity contribution < 1.29 is 14.6 Å². The van der Waals surface area contributed by atoms with Crippen molar-refractivity contribution >= 4 is 27.6 Å². The summed E-state index contributed by atoms with van der Waals surface area (Å²) < 4.78 is 6.13. The van der Waals surface area contributed by atoms with E-state index in [0.29, 0.717) is 23.1 Å². The Labute approximate surface area is 193 Å². The lowest BCUT2D eigenvalue weighted by atomic mass is 9.86. The molecule has 4 nitrogen and oxygen atoms in total. The van der Waals surface area contributed by atoms with E-state index in [4.69, 9.17) is 9.72 Å². The number of para-hydroxylation sites is 1. The summed E-state index contributed by atoms with van der Waals surface area (Å²) in [6.07, 6.45) is 0.127. The number of ether oxygens (including phenoxy) is 1. The van der Waals surface area contributed by atoms with E-state index < -0.39 is 17.7 Å². The predicted molar refractivity (Wildman–Crippen MR) is 131 cm³/mol. The van der Waals surface area contributed by atoms with E-state index in [1.165, 1.54) is 28.3 Å². The Kier molecular flexibility index (Phi) is 4.25. The smallest absolute Gasteiger partial charge is 0.337 e. The number of aryl methyl sites for hydroxylation is 1. The zero-order valence-corrected chi connectivity index (χ0v) is 19.3. The number of carbonyl (C=O) groups is 1. The molecule has 0 saturated heterocycles. The molecule has 0 spiro atoms. The first-order valence-electron chi connectivity index (χ1n) is 11.6. The normalized spacial score (nSPS) is 19.6. The number of aromatic nitrogens is 1. The zero-order valence-electron chi connectivity index (χ0n) is 19.3. The molecule has 2 aliphatic rings. The summed E-state index contributed by atoms with van der Waals surface area (Å²) >= 11 is 0. The highest BCUT2D eigenvalue weighted by atomic mass is 16.5. The van der Waals surface area contributed by atoms with Crippen LogP contribution in [0.5, 0.6) is 0 Å². The fraction of sp³-hybridized carbons (Fsp3) is 0.310. The van der Waals surface area contributed by atoms with E-state index in [1.54, 1.807) is 0 Å². The van der Waals surface area contributed by atoms with E-state index in [0.717, 1.165) is 22.0 Å². The summed E-state index contributed by atoms with van der Waals surface area (Å²) in [5, 5.41) is 13.7. The second kappa shape index (κ2) is 6.88. The lowest BCUT2D eigenvalue weighted by Crippen LogP contribution is -2.28. The third-order valence-electron chi connectivity index (χ3n) is 7.04. The first-order chi connectivity index (χ1) is 15.7. The Hall–Kier alpha value is -3.24. The molecule has 4 aromatic rings. The largest absolute Gasteiger partial charge is 0.479 e. The minimum atomic E-state index is -1.12. The van der Waals surface area contributed by atoms with Crippen LogP contribution in [0.4, 0.5) is 0 Å². The van der Waals surface area contributed by atoms with Crippen molar-refractivity contribution in [1.82, 2.24) is 4.98 Å². The van der Waals surface area contributed by atoms with Crippen LogP contribution in [0.3, 0.4) is 0 Å². The van der Waals surface area contributed by atoms with E-state index in [9.17, 15) is 9.90 Å². The van der Waals surface area contributed by atoms with Crippen LogP contribution in [0.15, 0.2) is 54.6 Å². The molecule has 0 bridgehead atoms. The van der Waals surface area contributed by atoms with Gasteiger partial charge < -0.3 is 9.84 Å². The van der Waals surface area contributed by atoms with Crippen molar-refractivity contribution in [3.05, 3.63) is 77.0 Å². The number of carboxylic acids is 1. The van der Waals surface area contributed by atoms with Gasteiger partial charge in [-0.3, -0.25) is 4.98 Å². The topological polar surface area (TPSA) is 59.4 Å². The molecule has 6 rings (SSSR count). The molecule has 0 amide bonds. The maximum atomic E-state index is 12.5. The highest BCUT2D eigenvalue weighted by Gasteiger charge is 2.46. The Morgan fingerprint density at radius 2 is 1.70 bits per heavy atom. The van der Waals surface area contributed by atoms with Gasteiger partial charge in [0.15, 0.2) is 6.10 Å². The highest BCUT2D eigenvalue weighted by molar-refractivity contribution is 6.09. The van der Waals surface area contributed by atoms with Crippen LogP contribution in [0.1, 0.15) is 67.5 Å².